The Bertz CT molecular complexity index is 210. The van der Waals surface area contributed by atoms with Gasteiger partial charge in [-0.25, -0.2) is 0 Å². The summed E-state index contributed by atoms with van der Waals surface area (Å²) in [4.78, 5) is 0. The van der Waals surface area contributed by atoms with Crippen LogP contribution in [0.5, 0.6) is 0 Å². The molecule has 0 aromatic heterocycles. The first-order valence-corrected chi connectivity index (χ1v) is 6.82. The first-order valence-electron chi connectivity index (χ1n) is 6.82. The molecule has 0 saturated heterocycles. The van der Waals surface area contributed by atoms with Crippen molar-refractivity contribution in [2.45, 2.75) is 59.2 Å². The molecule has 1 rings (SSSR count). The molecule has 0 aromatic rings. The lowest BCUT2D eigenvalue weighted by Gasteiger charge is -2.39. The van der Waals surface area contributed by atoms with Crippen LogP contribution in [0, 0.1) is 11.3 Å². The van der Waals surface area contributed by atoms with Crippen molar-refractivity contribution in [1.82, 2.24) is 0 Å². The minimum Gasteiger partial charge on any atom is -0.390 e. The van der Waals surface area contributed by atoms with Crippen LogP contribution in [0.4, 0.5) is 0 Å². The molecule has 3 nitrogen and oxygen atoms in total. The second-order valence-corrected chi connectivity index (χ2v) is 6.05. The predicted molar refractivity (Wildman–Crippen MR) is 69.0 cm³/mol. The Balaban J connectivity index is 2.36. The largest absolute Gasteiger partial charge is 0.390 e. The van der Waals surface area contributed by atoms with Crippen LogP contribution in [0.3, 0.4) is 0 Å². The van der Waals surface area contributed by atoms with E-state index in [-0.39, 0.29) is 12.2 Å². The Morgan fingerprint density at radius 1 is 1.18 bits per heavy atom. The summed E-state index contributed by atoms with van der Waals surface area (Å²) >= 11 is 0. The number of hydrogen-bond donors (Lipinski definition) is 1. The van der Waals surface area contributed by atoms with Crippen LogP contribution in [0.1, 0.15) is 47.0 Å². The molecule has 3 unspecified atom stereocenters. The van der Waals surface area contributed by atoms with E-state index in [9.17, 15) is 5.11 Å². The van der Waals surface area contributed by atoms with Gasteiger partial charge < -0.3 is 14.6 Å². The van der Waals surface area contributed by atoms with Crippen LogP contribution in [0.25, 0.3) is 0 Å². The van der Waals surface area contributed by atoms with Crippen LogP contribution >= 0.6 is 0 Å². The van der Waals surface area contributed by atoms with Crippen LogP contribution in [0.15, 0.2) is 0 Å². The maximum atomic E-state index is 9.94. The summed E-state index contributed by atoms with van der Waals surface area (Å²) in [6.07, 6.45) is 2.64. The molecule has 1 fully saturated rings. The van der Waals surface area contributed by atoms with Crippen molar-refractivity contribution in [3.8, 4) is 0 Å². The Labute approximate surface area is 105 Å². The predicted octanol–water partition coefficient (Wildman–Crippen LogP) is 2.62. The molecule has 1 N–H and O–H groups in total. The fourth-order valence-corrected chi connectivity index (χ4v) is 2.48. The molecule has 0 spiro atoms. The third-order valence-corrected chi connectivity index (χ3v) is 3.75. The van der Waals surface area contributed by atoms with Gasteiger partial charge in [0.1, 0.15) is 0 Å². The summed E-state index contributed by atoms with van der Waals surface area (Å²) in [5.41, 5.74) is 0.307. The number of rotatable bonds is 5. The van der Waals surface area contributed by atoms with E-state index in [4.69, 9.17) is 9.47 Å². The Morgan fingerprint density at radius 3 is 2.47 bits per heavy atom. The first-order chi connectivity index (χ1) is 7.95. The van der Waals surface area contributed by atoms with E-state index >= 15 is 0 Å². The summed E-state index contributed by atoms with van der Waals surface area (Å²) in [5, 5.41) is 9.94. The highest BCUT2D eigenvalue weighted by Crippen LogP contribution is 2.38. The lowest BCUT2D eigenvalue weighted by atomic mass is 9.71. The third kappa shape index (κ3) is 4.94. The third-order valence-electron chi connectivity index (χ3n) is 3.75. The maximum Gasteiger partial charge on any atom is 0.0837 e. The van der Waals surface area contributed by atoms with Crippen molar-refractivity contribution in [1.29, 1.82) is 0 Å². The highest BCUT2D eigenvalue weighted by Gasteiger charge is 2.35. The van der Waals surface area contributed by atoms with Crippen LogP contribution in [-0.2, 0) is 9.47 Å². The molecule has 0 amide bonds. The van der Waals surface area contributed by atoms with Gasteiger partial charge in [-0.05, 0) is 37.5 Å². The second-order valence-electron chi connectivity index (χ2n) is 6.05. The Hall–Kier alpha value is -0.120. The number of ether oxygens (including phenoxy) is 2. The smallest absolute Gasteiger partial charge is 0.0837 e. The van der Waals surface area contributed by atoms with Gasteiger partial charge in [-0.15, -0.1) is 0 Å². The molecule has 0 aliphatic heterocycles. The standard InChI is InChI=1S/C14H28O3/c1-5-16-8-9-17-13-10-11(14(2,3)4)6-7-12(13)15/h11-13,15H,5-10H2,1-4H3. The quantitative estimate of drug-likeness (QED) is 0.756. The van der Waals surface area contributed by atoms with Crippen molar-refractivity contribution < 1.29 is 14.6 Å². The van der Waals surface area contributed by atoms with E-state index in [1.54, 1.807) is 0 Å². The van der Waals surface area contributed by atoms with Crippen LogP contribution in [-0.4, -0.2) is 37.1 Å². The summed E-state index contributed by atoms with van der Waals surface area (Å²) < 4.78 is 11.0. The zero-order valence-electron chi connectivity index (χ0n) is 11.7. The van der Waals surface area contributed by atoms with Crippen molar-refractivity contribution in [3.63, 3.8) is 0 Å². The van der Waals surface area contributed by atoms with Gasteiger partial charge in [0.15, 0.2) is 0 Å². The van der Waals surface area contributed by atoms with Gasteiger partial charge in [0, 0.05) is 6.61 Å². The van der Waals surface area contributed by atoms with Gasteiger partial charge >= 0.3 is 0 Å². The van der Waals surface area contributed by atoms with Gasteiger partial charge in [0.25, 0.3) is 0 Å². The molecule has 1 saturated carbocycles. The molecule has 1 aliphatic carbocycles. The molecule has 0 aromatic carbocycles. The Morgan fingerprint density at radius 2 is 1.88 bits per heavy atom. The van der Waals surface area contributed by atoms with Crippen molar-refractivity contribution in [2.75, 3.05) is 19.8 Å². The SMILES string of the molecule is CCOCCOC1CC(C(C)(C)C)CCC1O. The zero-order valence-corrected chi connectivity index (χ0v) is 11.7. The van der Waals surface area contributed by atoms with E-state index in [2.05, 4.69) is 20.8 Å². The molecule has 0 radical (unpaired) electrons. The summed E-state index contributed by atoms with van der Waals surface area (Å²) in [6.45, 7) is 10.7. The molecular weight excluding hydrogens is 216 g/mol. The van der Waals surface area contributed by atoms with Gasteiger partial charge in [-0.3, -0.25) is 0 Å². The van der Waals surface area contributed by atoms with Gasteiger partial charge in [-0.1, -0.05) is 20.8 Å². The average Bonchev–Trinajstić information content (AvgIpc) is 2.25. The maximum absolute atomic E-state index is 9.94. The number of aliphatic hydroxyl groups is 1. The van der Waals surface area contributed by atoms with E-state index in [0.717, 1.165) is 25.9 Å². The second kappa shape index (κ2) is 6.72. The molecule has 0 heterocycles. The number of hydrogen-bond acceptors (Lipinski definition) is 3. The van der Waals surface area contributed by atoms with Gasteiger partial charge in [0.05, 0.1) is 25.4 Å². The van der Waals surface area contributed by atoms with E-state index in [0.29, 0.717) is 24.5 Å². The topological polar surface area (TPSA) is 38.7 Å². The lowest BCUT2D eigenvalue weighted by Crippen LogP contribution is -2.40. The van der Waals surface area contributed by atoms with Crippen molar-refractivity contribution >= 4 is 0 Å². The van der Waals surface area contributed by atoms with E-state index in [1.807, 2.05) is 6.92 Å². The van der Waals surface area contributed by atoms with Gasteiger partial charge in [0.2, 0.25) is 0 Å². The molecule has 1 aliphatic rings. The van der Waals surface area contributed by atoms with E-state index < -0.39 is 0 Å². The monoisotopic (exact) mass is 244 g/mol. The van der Waals surface area contributed by atoms with Crippen LogP contribution < -0.4 is 0 Å². The summed E-state index contributed by atoms with van der Waals surface area (Å²) in [5.74, 6) is 0.642. The highest BCUT2D eigenvalue weighted by atomic mass is 16.5. The fourth-order valence-electron chi connectivity index (χ4n) is 2.48. The highest BCUT2D eigenvalue weighted by molar-refractivity contribution is 4.86. The van der Waals surface area contributed by atoms with Crippen LogP contribution in [0.2, 0.25) is 0 Å². The van der Waals surface area contributed by atoms with Gasteiger partial charge in [-0.2, -0.15) is 0 Å². The molecule has 0 bridgehead atoms. The van der Waals surface area contributed by atoms with Crippen molar-refractivity contribution in [3.05, 3.63) is 0 Å². The normalized spacial score (nSPS) is 30.5. The molecule has 3 heteroatoms. The Kier molecular flexibility index (Phi) is 5.90. The zero-order chi connectivity index (χ0) is 12.9. The minimum atomic E-state index is -0.296. The molecular formula is C14H28O3. The van der Waals surface area contributed by atoms with Crippen molar-refractivity contribution in [2.24, 2.45) is 11.3 Å². The van der Waals surface area contributed by atoms with E-state index in [1.165, 1.54) is 0 Å². The minimum absolute atomic E-state index is 0.00608. The number of aliphatic hydroxyl groups excluding tert-OH is 1. The average molecular weight is 244 g/mol. The fraction of sp³-hybridized carbons (Fsp3) is 1.00. The lowest BCUT2D eigenvalue weighted by molar-refractivity contribution is -0.0941. The molecule has 17 heavy (non-hydrogen) atoms. The first kappa shape index (κ1) is 14.9. The molecule has 102 valence electrons. The molecule has 3 atom stereocenters. The summed E-state index contributed by atoms with van der Waals surface area (Å²) in [6, 6.07) is 0. The summed E-state index contributed by atoms with van der Waals surface area (Å²) in [7, 11) is 0.